The lowest BCUT2D eigenvalue weighted by atomic mass is 10.0. The average Bonchev–Trinajstić information content (AvgIpc) is 2.49. The summed E-state index contributed by atoms with van der Waals surface area (Å²) in [4.78, 5) is 0. The van der Waals surface area contributed by atoms with Crippen LogP contribution in [0, 0.1) is 0 Å². The number of hydrogen-bond acceptors (Lipinski definition) is 2. The molecule has 0 aliphatic carbocycles. The van der Waals surface area contributed by atoms with Crippen LogP contribution in [0.2, 0.25) is 0 Å². The fourth-order valence-corrected chi connectivity index (χ4v) is 2.05. The van der Waals surface area contributed by atoms with E-state index < -0.39 is 0 Å². The molecule has 0 saturated carbocycles. The van der Waals surface area contributed by atoms with Gasteiger partial charge < -0.3 is 10.1 Å². The number of benzene rings is 2. The van der Waals surface area contributed by atoms with Gasteiger partial charge in [-0.3, -0.25) is 0 Å². The van der Waals surface area contributed by atoms with Crippen molar-refractivity contribution < 1.29 is 4.74 Å². The molecule has 0 fully saturated rings. The van der Waals surface area contributed by atoms with Crippen molar-refractivity contribution in [3.8, 4) is 5.75 Å². The van der Waals surface area contributed by atoms with Crippen LogP contribution in [0.25, 0.3) is 0 Å². The lowest BCUT2D eigenvalue weighted by Gasteiger charge is -2.19. The summed E-state index contributed by atoms with van der Waals surface area (Å²) < 4.78 is 5.84. The number of rotatable bonds is 3. The van der Waals surface area contributed by atoms with Crippen LogP contribution in [0.5, 0.6) is 5.75 Å². The van der Waals surface area contributed by atoms with E-state index in [1.54, 1.807) is 0 Å². The van der Waals surface area contributed by atoms with Crippen molar-refractivity contribution in [3.05, 3.63) is 90.3 Å². The minimum absolute atomic E-state index is 0.157. The third-order valence-corrected chi connectivity index (χ3v) is 2.99. The van der Waals surface area contributed by atoms with Gasteiger partial charge in [0.25, 0.3) is 0 Å². The van der Waals surface area contributed by atoms with Gasteiger partial charge in [0.1, 0.15) is 11.5 Å². The number of ether oxygens (including phenoxy) is 1. The van der Waals surface area contributed by atoms with Gasteiger partial charge in [-0.05, 0) is 29.8 Å². The highest BCUT2D eigenvalue weighted by molar-refractivity contribution is 5.32. The molecule has 0 bridgehead atoms. The Morgan fingerprint density at radius 1 is 0.842 bits per heavy atom. The Balaban J connectivity index is 1.79. The zero-order valence-corrected chi connectivity index (χ0v) is 10.5. The van der Waals surface area contributed by atoms with Crippen molar-refractivity contribution in [1.82, 2.24) is 5.32 Å². The third-order valence-electron chi connectivity index (χ3n) is 2.99. The Hall–Kier alpha value is -2.48. The molecule has 0 aromatic heterocycles. The molecule has 2 heteroatoms. The number of dihydropyridines is 1. The zero-order chi connectivity index (χ0) is 12.9. The van der Waals surface area contributed by atoms with Gasteiger partial charge in [-0.2, -0.15) is 0 Å². The van der Waals surface area contributed by atoms with Gasteiger partial charge in [-0.25, -0.2) is 0 Å². The highest BCUT2D eigenvalue weighted by Crippen LogP contribution is 2.22. The number of para-hydroxylation sites is 1. The highest BCUT2D eigenvalue weighted by atomic mass is 16.5. The van der Waals surface area contributed by atoms with Crippen LogP contribution in [-0.2, 0) is 0 Å². The predicted octanol–water partition coefficient (Wildman–Crippen LogP) is 3.81. The van der Waals surface area contributed by atoms with E-state index in [2.05, 4.69) is 23.5 Å². The van der Waals surface area contributed by atoms with E-state index in [4.69, 9.17) is 4.74 Å². The highest BCUT2D eigenvalue weighted by Gasteiger charge is 2.11. The maximum Gasteiger partial charge on any atom is 0.127 e. The van der Waals surface area contributed by atoms with Gasteiger partial charge in [-0.15, -0.1) is 0 Å². The molecule has 2 aromatic rings. The van der Waals surface area contributed by atoms with E-state index >= 15 is 0 Å². The van der Waals surface area contributed by atoms with Crippen molar-refractivity contribution >= 4 is 0 Å². The Bertz CT molecular complexity index is 587. The van der Waals surface area contributed by atoms with Gasteiger partial charge in [-0.1, -0.05) is 48.5 Å². The van der Waals surface area contributed by atoms with Gasteiger partial charge in [0, 0.05) is 6.20 Å². The summed E-state index contributed by atoms with van der Waals surface area (Å²) in [6, 6.07) is 20.3. The molecule has 94 valence electrons. The molecule has 19 heavy (non-hydrogen) atoms. The third kappa shape index (κ3) is 2.86. The lowest BCUT2D eigenvalue weighted by molar-refractivity contribution is 0.433. The molecule has 2 aromatic carbocycles. The molecule has 1 N–H and O–H groups in total. The van der Waals surface area contributed by atoms with Gasteiger partial charge >= 0.3 is 0 Å². The molecule has 0 amide bonds. The lowest BCUT2D eigenvalue weighted by Crippen LogP contribution is -2.17. The summed E-state index contributed by atoms with van der Waals surface area (Å²) in [6.07, 6.45) is 5.95. The SMILES string of the molecule is C1=CC(Oc2ccccc2)=CC(c2ccccc2)N1. The van der Waals surface area contributed by atoms with Crippen LogP contribution < -0.4 is 10.1 Å². The summed E-state index contributed by atoms with van der Waals surface area (Å²) in [7, 11) is 0. The molecule has 0 radical (unpaired) electrons. The van der Waals surface area contributed by atoms with Gasteiger partial charge in [0.15, 0.2) is 0 Å². The molecular formula is C17H15NO. The van der Waals surface area contributed by atoms with Crippen LogP contribution in [0.15, 0.2) is 84.8 Å². The van der Waals surface area contributed by atoms with Crippen LogP contribution in [0.4, 0.5) is 0 Å². The maximum absolute atomic E-state index is 5.84. The maximum atomic E-state index is 5.84. The second kappa shape index (κ2) is 5.44. The largest absolute Gasteiger partial charge is 0.458 e. The molecule has 1 aliphatic heterocycles. The van der Waals surface area contributed by atoms with Crippen molar-refractivity contribution in [2.75, 3.05) is 0 Å². The Labute approximate surface area is 113 Å². The van der Waals surface area contributed by atoms with E-state index in [1.165, 1.54) is 5.56 Å². The standard InChI is InChI=1S/C17H15NO/c1-3-7-14(8-4-1)17-13-16(11-12-18-17)19-15-9-5-2-6-10-15/h1-13,17-18H. The Morgan fingerprint density at radius 3 is 2.26 bits per heavy atom. The van der Waals surface area contributed by atoms with Crippen molar-refractivity contribution in [3.63, 3.8) is 0 Å². The summed E-state index contributed by atoms with van der Waals surface area (Å²) in [5.74, 6) is 1.71. The summed E-state index contributed by atoms with van der Waals surface area (Å²) >= 11 is 0. The summed E-state index contributed by atoms with van der Waals surface area (Å²) in [6.45, 7) is 0. The van der Waals surface area contributed by atoms with Crippen LogP contribution in [0.1, 0.15) is 11.6 Å². The van der Waals surface area contributed by atoms with E-state index in [0.29, 0.717) is 0 Å². The topological polar surface area (TPSA) is 21.3 Å². The van der Waals surface area contributed by atoms with Crippen LogP contribution >= 0.6 is 0 Å². The molecular weight excluding hydrogens is 234 g/mol. The van der Waals surface area contributed by atoms with Gasteiger partial charge in [0.05, 0.1) is 6.04 Å². The summed E-state index contributed by atoms with van der Waals surface area (Å²) in [5, 5.41) is 3.31. The molecule has 0 spiro atoms. The number of hydrogen-bond donors (Lipinski definition) is 1. The second-order valence-corrected chi connectivity index (χ2v) is 4.37. The quantitative estimate of drug-likeness (QED) is 0.893. The zero-order valence-electron chi connectivity index (χ0n) is 10.5. The minimum atomic E-state index is 0.157. The first-order chi connectivity index (χ1) is 9.42. The Morgan fingerprint density at radius 2 is 1.53 bits per heavy atom. The predicted molar refractivity (Wildman–Crippen MR) is 76.6 cm³/mol. The molecule has 1 aliphatic rings. The van der Waals surface area contributed by atoms with Crippen LogP contribution in [-0.4, -0.2) is 0 Å². The van der Waals surface area contributed by atoms with Crippen molar-refractivity contribution in [2.24, 2.45) is 0 Å². The fraction of sp³-hybridized carbons (Fsp3) is 0.0588. The van der Waals surface area contributed by atoms with Crippen LogP contribution in [0.3, 0.4) is 0 Å². The Kier molecular flexibility index (Phi) is 3.32. The van der Waals surface area contributed by atoms with E-state index in [9.17, 15) is 0 Å². The average molecular weight is 249 g/mol. The summed E-state index contributed by atoms with van der Waals surface area (Å²) in [5.41, 5.74) is 1.22. The number of allylic oxidation sites excluding steroid dienone is 1. The molecule has 2 nitrogen and oxygen atoms in total. The molecule has 1 unspecified atom stereocenters. The number of nitrogens with one attached hydrogen (secondary N) is 1. The molecule has 1 atom stereocenters. The molecule has 0 saturated heterocycles. The van der Waals surface area contributed by atoms with Gasteiger partial charge in [0.2, 0.25) is 0 Å². The normalized spacial score (nSPS) is 17.5. The monoisotopic (exact) mass is 249 g/mol. The first-order valence-corrected chi connectivity index (χ1v) is 6.34. The first-order valence-electron chi connectivity index (χ1n) is 6.34. The second-order valence-electron chi connectivity index (χ2n) is 4.37. The fourth-order valence-electron chi connectivity index (χ4n) is 2.05. The van der Waals surface area contributed by atoms with E-state index in [0.717, 1.165) is 11.5 Å². The minimum Gasteiger partial charge on any atom is -0.458 e. The first kappa shape index (κ1) is 11.6. The van der Waals surface area contributed by atoms with E-state index in [1.807, 2.05) is 60.8 Å². The van der Waals surface area contributed by atoms with Crippen molar-refractivity contribution in [1.29, 1.82) is 0 Å². The molecule has 1 heterocycles. The molecule has 3 rings (SSSR count). The van der Waals surface area contributed by atoms with E-state index in [-0.39, 0.29) is 6.04 Å². The smallest absolute Gasteiger partial charge is 0.127 e. The van der Waals surface area contributed by atoms with Crippen molar-refractivity contribution in [2.45, 2.75) is 6.04 Å².